The Labute approximate surface area is 189 Å². The molecule has 1 fully saturated rings. The van der Waals surface area contributed by atoms with Crippen LogP contribution in [0, 0.1) is 10.1 Å². The number of hydrogen-bond donors (Lipinski definition) is 1. The highest BCUT2D eigenvalue weighted by atomic mass is 35.5. The van der Waals surface area contributed by atoms with Crippen LogP contribution >= 0.6 is 11.6 Å². The fraction of sp³-hybridized carbons (Fsp3) is 0.300. The van der Waals surface area contributed by atoms with E-state index in [0.717, 1.165) is 25.3 Å². The van der Waals surface area contributed by atoms with Gasteiger partial charge in [-0.2, -0.15) is 4.31 Å². The van der Waals surface area contributed by atoms with E-state index in [4.69, 9.17) is 16.3 Å². The largest absolute Gasteiger partial charge is 0.452 e. The molecule has 2 aromatic carbocycles. The Morgan fingerprint density at radius 3 is 2.50 bits per heavy atom. The monoisotopic (exact) mass is 481 g/mol. The number of nitro benzene ring substituents is 1. The predicted molar refractivity (Wildman–Crippen MR) is 116 cm³/mol. The molecule has 32 heavy (non-hydrogen) atoms. The number of sulfonamides is 1. The predicted octanol–water partition coefficient (Wildman–Crippen LogP) is 3.22. The first-order chi connectivity index (χ1) is 15.2. The van der Waals surface area contributed by atoms with Crippen molar-refractivity contribution in [1.29, 1.82) is 0 Å². The molecule has 2 aromatic rings. The van der Waals surface area contributed by atoms with Gasteiger partial charge in [0.25, 0.3) is 11.6 Å². The standard InChI is InChI=1S/C20H20ClN3O7S/c21-15-9-8-14(12-18(15)32(29,30)23-10-4-1-5-11-23)20(26)31-13-19(25)22-16-6-2-3-7-17(16)24(27)28/h2-3,6-9,12H,1,4-5,10-11,13H2,(H,22,25). The maximum atomic E-state index is 12.9. The van der Waals surface area contributed by atoms with E-state index in [1.165, 1.54) is 40.7 Å². The number of piperidine rings is 1. The molecule has 1 amide bonds. The summed E-state index contributed by atoms with van der Waals surface area (Å²) >= 11 is 6.09. The van der Waals surface area contributed by atoms with Crippen LogP contribution in [0.4, 0.5) is 11.4 Å². The third-order valence-corrected chi connectivity index (χ3v) is 7.19. The summed E-state index contributed by atoms with van der Waals surface area (Å²) in [5.74, 6) is -1.72. The molecule has 0 spiro atoms. The minimum absolute atomic E-state index is 0.0266. The summed E-state index contributed by atoms with van der Waals surface area (Å²) in [4.78, 5) is 34.6. The Morgan fingerprint density at radius 2 is 1.81 bits per heavy atom. The van der Waals surface area contributed by atoms with Gasteiger partial charge in [0, 0.05) is 19.2 Å². The summed E-state index contributed by atoms with van der Waals surface area (Å²) in [5, 5.41) is 13.3. The zero-order valence-corrected chi connectivity index (χ0v) is 18.4. The average molecular weight is 482 g/mol. The molecule has 0 atom stereocenters. The van der Waals surface area contributed by atoms with Crippen LogP contribution in [-0.4, -0.2) is 49.2 Å². The molecule has 0 bridgehead atoms. The van der Waals surface area contributed by atoms with Gasteiger partial charge in [-0.15, -0.1) is 0 Å². The normalized spacial score (nSPS) is 14.5. The first-order valence-corrected chi connectivity index (χ1v) is 11.5. The molecule has 0 radical (unpaired) electrons. The molecule has 12 heteroatoms. The van der Waals surface area contributed by atoms with Gasteiger partial charge in [0.2, 0.25) is 10.0 Å². The summed E-state index contributed by atoms with van der Waals surface area (Å²) in [6.45, 7) is 0.0278. The van der Waals surface area contributed by atoms with E-state index in [-0.39, 0.29) is 26.9 Å². The number of esters is 1. The molecule has 0 saturated carbocycles. The van der Waals surface area contributed by atoms with Gasteiger partial charge in [0.1, 0.15) is 10.6 Å². The highest BCUT2D eigenvalue weighted by molar-refractivity contribution is 7.89. The van der Waals surface area contributed by atoms with Gasteiger partial charge in [-0.05, 0) is 37.1 Å². The van der Waals surface area contributed by atoms with Crippen LogP contribution in [0.5, 0.6) is 0 Å². The van der Waals surface area contributed by atoms with Crippen LogP contribution in [0.3, 0.4) is 0 Å². The Kier molecular flexibility index (Phi) is 7.44. The number of nitrogens with zero attached hydrogens (tertiary/aromatic N) is 2. The fourth-order valence-corrected chi connectivity index (χ4v) is 5.23. The molecular weight excluding hydrogens is 462 g/mol. The lowest BCUT2D eigenvalue weighted by atomic mass is 10.2. The Bertz CT molecular complexity index is 1150. The lowest BCUT2D eigenvalue weighted by Gasteiger charge is -2.26. The van der Waals surface area contributed by atoms with E-state index in [9.17, 15) is 28.1 Å². The molecule has 1 heterocycles. The van der Waals surface area contributed by atoms with Crippen molar-refractivity contribution in [3.8, 4) is 0 Å². The number of carbonyl (C=O) groups excluding carboxylic acids is 2. The van der Waals surface area contributed by atoms with Crippen molar-refractivity contribution in [1.82, 2.24) is 4.31 Å². The van der Waals surface area contributed by atoms with Crippen molar-refractivity contribution in [2.45, 2.75) is 24.2 Å². The number of rotatable bonds is 7. The van der Waals surface area contributed by atoms with Crippen molar-refractivity contribution in [2.75, 3.05) is 25.0 Å². The number of ether oxygens (including phenoxy) is 1. The SMILES string of the molecule is O=C(COC(=O)c1ccc(Cl)c(S(=O)(=O)N2CCCCC2)c1)Nc1ccccc1[N+](=O)[O-]. The van der Waals surface area contributed by atoms with E-state index in [2.05, 4.69) is 5.32 Å². The molecule has 1 aliphatic rings. The van der Waals surface area contributed by atoms with Gasteiger partial charge < -0.3 is 10.1 Å². The zero-order chi connectivity index (χ0) is 23.3. The van der Waals surface area contributed by atoms with Crippen LogP contribution in [0.15, 0.2) is 47.4 Å². The molecule has 0 aliphatic carbocycles. The number of nitrogens with one attached hydrogen (secondary N) is 1. The van der Waals surface area contributed by atoms with E-state index in [0.29, 0.717) is 13.1 Å². The van der Waals surface area contributed by atoms with Crippen LogP contribution in [0.1, 0.15) is 29.6 Å². The van der Waals surface area contributed by atoms with Crippen molar-refractivity contribution in [3.63, 3.8) is 0 Å². The minimum atomic E-state index is -3.88. The molecule has 3 rings (SSSR count). The lowest BCUT2D eigenvalue weighted by molar-refractivity contribution is -0.383. The van der Waals surface area contributed by atoms with E-state index >= 15 is 0 Å². The molecule has 10 nitrogen and oxygen atoms in total. The molecular formula is C20H20ClN3O7S. The second kappa shape index (κ2) is 10.1. The number of anilines is 1. The van der Waals surface area contributed by atoms with Crippen molar-refractivity contribution >= 4 is 44.9 Å². The van der Waals surface area contributed by atoms with Crippen LogP contribution in [0.25, 0.3) is 0 Å². The second-order valence-electron chi connectivity index (χ2n) is 7.01. The van der Waals surface area contributed by atoms with Gasteiger partial charge in [-0.3, -0.25) is 14.9 Å². The van der Waals surface area contributed by atoms with Crippen molar-refractivity contribution in [3.05, 3.63) is 63.2 Å². The lowest BCUT2D eigenvalue weighted by Crippen LogP contribution is -2.35. The molecule has 0 aromatic heterocycles. The van der Waals surface area contributed by atoms with Crippen LogP contribution in [-0.2, 0) is 19.6 Å². The summed E-state index contributed by atoms with van der Waals surface area (Å²) in [6.07, 6.45) is 2.43. The maximum absolute atomic E-state index is 12.9. The third kappa shape index (κ3) is 5.42. The van der Waals surface area contributed by atoms with Gasteiger partial charge in [0.15, 0.2) is 6.61 Å². The molecule has 1 saturated heterocycles. The molecule has 0 unspecified atom stereocenters. The van der Waals surface area contributed by atoms with Crippen molar-refractivity contribution < 1.29 is 27.7 Å². The molecule has 1 N–H and O–H groups in total. The first-order valence-electron chi connectivity index (χ1n) is 9.70. The van der Waals surface area contributed by atoms with Gasteiger partial charge in [-0.25, -0.2) is 13.2 Å². The smallest absolute Gasteiger partial charge is 0.338 e. The summed E-state index contributed by atoms with van der Waals surface area (Å²) < 4.78 is 32.1. The Hall–Kier alpha value is -3.02. The molecule has 170 valence electrons. The number of hydrogen-bond acceptors (Lipinski definition) is 7. The summed E-state index contributed by atoms with van der Waals surface area (Å²) in [6, 6.07) is 9.21. The van der Waals surface area contributed by atoms with E-state index < -0.39 is 33.4 Å². The number of carbonyl (C=O) groups is 2. The number of halogens is 1. The first kappa shape index (κ1) is 23.6. The average Bonchev–Trinajstić information content (AvgIpc) is 2.78. The van der Waals surface area contributed by atoms with Crippen molar-refractivity contribution in [2.24, 2.45) is 0 Å². The third-order valence-electron chi connectivity index (χ3n) is 4.81. The quantitative estimate of drug-likeness (QED) is 0.364. The van der Waals surface area contributed by atoms with Gasteiger partial charge >= 0.3 is 5.97 Å². The minimum Gasteiger partial charge on any atom is -0.452 e. The highest BCUT2D eigenvalue weighted by Gasteiger charge is 2.29. The Morgan fingerprint density at radius 1 is 1.12 bits per heavy atom. The zero-order valence-electron chi connectivity index (χ0n) is 16.8. The number of para-hydroxylation sites is 2. The number of nitro groups is 1. The topological polar surface area (TPSA) is 136 Å². The second-order valence-corrected chi connectivity index (χ2v) is 9.32. The molecule has 1 aliphatic heterocycles. The van der Waals surface area contributed by atoms with Crippen LogP contribution < -0.4 is 5.32 Å². The summed E-state index contributed by atoms with van der Waals surface area (Å²) in [7, 11) is -3.88. The van der Waals surface area contributed by atoms with E-state index in [1.54, 1.807) is 0 Å². The van der Waals surface area contributed by atoms with Crippen LogP contribution in [0.2, 0.25) is 5.02 Å². The number of amides is 1. The summed E-state index contributed by atoms with van der Waals surface area (Å²) in [5.41, 5.74) is -0.444. The van der Waals surface area contributed by atoms with Gasteiger partial charge in [0.05, 0.1) is 15.5 Å². The van der Waals surface area contributed by atoms with Gasteiger partial charge in [-0.1, -0.05) is 30.2 Å². The highest BCUT2D eigenvalue weighted by Crippen LogP contribution is 2.28. The fourth-order valence-electron chi connectivity index (χ4n) is 3.21. The van der Waals surface area contributed by atoms with E-state index in [1.807, 2.05) is 0 Å². The number of benzene rings is 2. The Balaban J connectivity index is 1.69. The maximum Gasteiger partial charge on any atom is 0.338 e.